The summed E-state index contributed by atoms with van der Waals surface area (Å²) in [6, 6.07) is 11.1. The van der Waals surface area contributed by atoms with E-state index >= 15 is 0 Å². The molecule has 0 aliphatic rings. The van der Waals surface area contributed by atoms with E-state index in [0.29, 0.717) is 0 Å². The summed E-state index contributed by atoms with van der Waals surface area (Å²) < 4.78 is 1.71. The van der Waals surface area contributed by atoms with Gasteiger partial charge in [-0.2, -0.15) is 0 Å². The summed E-state index contributed by atoms with van der Waals surface area (Å²) in [4.78, 5) is 11.5. The molecule has 2 heterocycles. The van der Waals surface area contributed by atoms with Crippen molar-refractivity contribution in [3.63, 3.8) is 0 Å². The zero-order chi connectivity index (χ0) is 9.26. The summed E-state index contributed by atoms with van der Waals surface area (Å²) in [5, 5.41) is 0.975. The molecule has 0 bridgehead atoms. The molecule has 3 heteroatoms. The van der Waals surface area contributed by atoms with Gasteiger partial charge in [0.1, 0.15) is 0 Å². The molecule has 13 heavy (non-hydrogen) atoms. The molecule has 0 saturated heterocycles. The third-order valence-corrected chi connectivity index (χ3v) is 2.66. The van der Waals surface area contributed by atoms with Gasteiger partial charge in [0.2, 0.25) is 0 Å². The molecule has 0 unspecified atom stereocenters. The van der Waals surface area contributed by atoms with Crippen molar-refractivity contribution in [2.24, 2.45) is 0 Å². The van der Waals surface area contributed by atoms with E-state index < -0.39 is 0 Å². The van der Waals surface area contributed by atoms with Crippen LogP contribution < -0.4 is 5.56 Å². The third kappa shape index (κ3) is 1.35. The van der Waals surface area contributed by atoms with Crippen molar-refractivity contribution >= 4 is 17.3 Å². The fraction of sp³-hybridized carbons (Fsp3) is 0.100. The maximum Gasteiger partial charge on any atom is 0.255 e. The van der Waals surface area contributed by atoms with Crippen molar-refractivity contribution in [3.8, 4) is 0 Å². The minimum Gasteiger partial charge on any atom is -0.272 e. The summed E-state index contributed by atoms with van der Waals surface area (Å²) in [6.07, 6.45) is 1.97. The van der Waals surface area contributed by atoms with Crippen LogP contribution in [0.3, 0.4) is 0 Å². The molecule has 2 nitrogen and oxygen atoms in total. The van der Waals surface area contributed by atoms with Crippen molar-refractivity contribution < 1.29 is 0 Å². The van der Waals surface area contributed by atoms with Gasteiger partial charge in [0.15, 0.2) is 0 Å². The van der Waals surface area contributed by atoms with Crippen molar-refractivity contribution in [1.82, 2.24) is 4.40 Å². The predicted molar refractivity (Wildman–Crippen MR) is 55.4 cm³/mol. The lowest BCUT2D eigenvalue weighted by Crippen LogP contribution is -2.12. The number of fused-ring (bicyclic) bond motifs is 1. The Balaban J connectivity index is 2.95. The van der Waals surface area contributed by atoms with Crippen molar-refractivity contribution in [2.75, 3.05) is 6.26 Å². The van der Waals surface area contributed by atoms with E-state index in [9.17, 15) is 4.79 Å². The number of thioether (sulfide) groups is 1. The standard InChI is InChI=1S/C10H9NOS/c1-13-10-7-3-5-8-4-2-6-9(12)11(8)10/h2-7H,1H3. The van der Waals surface area contributed by atoms with E-state index in [-0.39, 0.29) is 5.56 Å². The minimum atomic E-state index is 0.0300. The number of nitrogens with zero attached hydrogens (tertiary/aromatic N) is 1. The van der Waals surface area contributed by atoms with Gasteiger partial charge in [0, 0.05) is 11.6 Å². The van der Waals surface area contributed by atoms with Crippen LogP contribution >= 0.6 is 11.8 Å². The Kier molecular flexibility index (Phi) is 2.10. The highest BCUT2D eigenvalue weighted by molar-refractivity contribution is 7.98. The molecule has 66 valence electrons. The van der Waals surface area contributed by atoms with Gasteiger partial charge in [-0.3, -0.25) is 9.20 Å². The van der Waals surface area contributed by atoms with Crippen LogP contribution in [0.1, 0.15) is 0 Å². The Hall–Kier alpha value is -1.22. The second-order valence-corrected chi connectivity index (χ2v) is 3.52. The van der Waals surface area contributed by atoms with Gasteiger partial charge in [-0.15, -0.1) is 11.8 Å². The first-order chi connectivity index (χ1) is 6.33. The molecular formula is C10H9NOS. The summed E-state index contributed by atoms with van der Waals surface area (Å²) in [5.74, 6) is 0. The van der Waals surface area contributed by atoms with Crippen molar-refractivity contribution in [2.45, 2.75) is 5.03 Å². The van der Waals surface area contributed by atoms with Crippen LogP contribution in [0.15, 0.2) is 46.2 Å². The average Bonchev–Trinajstić information content (AvgIpc) is 2.17. The fourth-order valence-corrected chi connectivity index (χ4v) is 1.93. The SMILES string of the molecule is CSc1cccc2cccc(=O)n12. The van der Waals surface area contributed by atoms with E-state index in [1.165, 1.54) is 0 Å². The molecule has 0 N–H and O–H groups in total. The highest BCUT2D eigenvalue weighted by Gasteiger charge is 1.98. The Labute approximate surface area is 80.2 Å². The van der Waals surface area contributed by atoms with Crippen LogP contribution in [0.5, 0.6) is 0 Å². The Morgan fingerprint density at radius 1 is 1.15 bits per heavy atom. The second-order valence-electron chi connectivity index (χ2n) is 2.69. The summed E-state index contributed by atoms with van der Waals surface area (Å²) in [6.45, 7) is 0. The molecule has 0 saturated carbocycles. The summed E-state index contributed by atoms with van der Waals surface area (Å²) in [7, 11) is 0. The molecule has 0 aliphatic carbocycles. The minimum absolute atomic E-state index is 0.0300. The molecule has 0 atom stereocenters. The van der Waals surface area contributed by atoms with Crippen LogP contribution in [0.2, 0.25) is 0 Å². The summed E-state index contributed by atoms with van der Waals surface area (Å²) >= 11 is 1.58. The van der Waals surface area contributed by atoms with Crippen LogP contribution in [0.25, 0.3) is 5.52 Å². The highest BCUT2D eigenvalue weighted by atomic mass is 32.2. The summed E-state index contributed by atoms with van der Waals surface area (Å²) in [5.41, 5.74) is 0.974. The molecule has 0 fully saturated rings. The molecule has 0 spiro atoms. The van der Waals surface area contributed by atoms with Crippen molar-refractivity contribution in [3.05, 3.63) is 46.8 Å². The lowest BCUT2D eigenvalue weighted by atomic mass is 10.3. The maximum atomic E-state index is 11.5. The van der Waals surface area contributed by atoms with Crippen LogP contribution in [0.4, 0.5) is 0 Å². The zero-order valence-corrected chi connectivity index (χ0v) is 8.04. The van der Waals surface area contributed by atoms with Crippen LogP contribution in [-0.2, 0) is 0 Å². The quantitative estimate of drug-likeness (QED) is 0.643. The van der Waals surface area contributed by atoms with E-state index in [1.807, 2.05) is 30.5 Å². The highest BCUT2D eigenvalue weighted by Crippen LogP contribution is 2.14. The topological polar surface area (TPSA) is 21.5 Å². The molecule has 2 rings (SSSR count). The van der Waals surface area contributed by atoms with Gasteiger partial charge in [-0.05, 0) is 24.5 Å². The molecule has 0 radical (unpaired) electrons. The molecular weight excluding hydrogens is 182 g/mol. The van der Waals surface area contributed by atoms with E-state index in [2.05, 4.69) is 0 Å². The molecule has 2 aromatic heterocycles. The van der Waals surface area contributed by atoms with E-state index in [0.717, 1.165) is 10.5 Å². The number of hydrogen-bond acceptors (Lipinski definition) is 2. The molecule has 0 aliphatic heterocycles. The zero-order valence-electron chi connectivity index (χ0n) is 7.23. The molecule has 0 amide bonds. The number of rotatable bonds is 1. The first kappa shape index (κ1) is 8.38. The monoisotopic (exact) mass is 191 g/mol. The van der Waals surface area contributed by atoms with E-state index in [1.54, 1.807) is 28.3 Å². The van der Waals surface area contributed by atoms with E-state index in [4.69, 9.17) is 0 Å². The fourth-order valence-electron chi connectivity index (χ4n) is 1.33. The third-order valence-electron chi connectivity index (χ3n) is 1.92. The lowest BCUT2D eigenvalue weighted by Gasteiger charge is -2.04. The van der Waals surface area contributed by atoms with Crippen LogP contribution in [-0.4, -0.2) is 10.7 Å². The number of aromatic nitrogens is 1. The van der Waals surface area contributed by atoms with Crippen LogP contribution in [0, 0.1) is 0 Å². The number of pyridine rings is 2. The smallest absolute Gasteiger partial charge is 0.255 e. The first-order valence-corrected chi connectivity index (χ1v) is 5.20. The van der Waals surface area contributed by atoms with Gasteiger partial charge in [0.05, 0.1) is 5.03 Å². The van der Waals surface area contributed by atoms with Crippen molar-refractivity contribution in [1.29, 1.82) is 0 Å². The second kappa shape index (κ2) is 3.26. The van der Waals surface area contributed by atoms with Gasteiger partial charge in [-0.25, -0.2) is 0 Å². The molecule has 2 aromatic rings. The average molecular weight is 191 g/mol. The van der Waals surface area contributed by atoms with Gasteiger partial charge < -0.3 is 0 Å². The first-order valence-electron chi connectivity index (χ1n) is 3.98. The lowest BCUT2D eigenvalue weighted by molar-refractivity contribution is 0.968. The normalized spacial score (nSPS) is 10.5. The Bertz CT molecular complexity index is 484. The number of hydrogen-bond donors (Lipinski definition) is 0. The van der Waals surface area contributed by atoms with Gasteiger partial charge in [0.25, 0.3) is 5.56 Å². The van der Waals surface area contributed by atoms with Gasteiger partial charge in [-0.1, -0.05) is 12.1 Å². The Morgan fingerprint density at radius 2 is 1.85 bits per heavy atom. The maximum absolute atomic E-state index is 11.5. The predicted octanol–water partition coefficient (Wildman–Crippen LogP) is 2.02. The molecule has 0 aromatic carbocycles. The van der Waals surface area contributed by atoms with Gasteiger partial charge >= 0.3 is 0 Å². The largest absolute Gasteiger partial charge is 0.272 e. The Morgan fingerprint density at radius 3 is 2.54 bits per heavy atom.